The first-order valence-corrected chi connectivity index (χ1v) is 11.3. The molecule has 0 bridgehead atoms. The van der Waals surface area contributed by atoms with Crippen molar-refractivity contribution in [2.24, 2.45) is 7.05 Å². The highest BCUT2D eigenvalue weighted by Crippen LogP contribution is 2.21. The van der Waals surface area contributed by atoms with Crippen LogP contribution in [-0.2, 0) is 24.9 Å². The van der Waals surface area contributed by atoms with Crippen molar-refractivity contribution in [3.05, 3.63) is 34.9 Å². The summed E-state index contributed by atoms with van der Waals surface area (Å²) in [4.78, 5) is 31.0. The van der Waals surface area contributed by atoms with Crippen molar-refractivity contribution < 1.29 is 24.0 Å². The number of carboxylic acid groups (broad SMARTS) is 1. The van der Waals surface area contributed by atoms with Gasteiger partial charge in [-0.3, -0.25) is 4.79 Å². The average Bonchev–Trinajstić information content (AvgIpc) is 3.11. The number of imidazole rings is 1. The molecule has 2 heterocycles. The van der Waals surface area contributed by atoms with Crippen LogP contribution >= 0.6 is 11.6 Å². The number of fused-ring (bicyclic) bond motifs is 1. The molecule has 3 aromatic rings. The summed E-state index contributed by atoms with van der Waals surface area (Å²) >= 11 is 5.84. The summed E-state index contributed by atoms with van der Waals surface area (Å²) in [7, 11) is 1.86. The quantitative estimate of drug-likeness (QED) is 0.364. The Bertz CT molecular complexity index is 1150. The zero-order valence-electron chi connectivity index (χ0n) is 20.3. The number of benzene rings is 1. The van der Waals surface area contributed by atoms with Gasteiger partial charge in [-0.1, -0.05) is 39.3 Å². The van der Waals surface area contributed by atoms with Gasteiger partial charge in [0.25, 0.3) is 11.7 Å². The SMILES string of the molecule is CC.CC.CCn1c(CNC(=O)c2nc(Cl)c(N)nc2N)[n+](C)c2ccc(OCC(=O)O)cc21. The van der Waals surface area contributed by atoms with Crippen LogP contribution in [0.5, 0.6) is 5.75 Å². The van der Waals surface area contributed by atoms with E-state index in [1.165, 1.54) is 0 Å². The summed E-state index contributed by atoms with van der Waals surface area (Å²) in [6, 6.07) is 5.28. The number of nitrogens with one attached hydrogen (secondary N) is 1. The Morgan fingerprint density at radius 3 is 2.41 bits per heavy atom. The Kier molecular flexibility index (Phi) is 11.0. The van der Waals surface area contributed by atoms with Crippen LogP contribution in [0.1, 0.15) is 50.9 Å². The molecular formula is C22H33ClN7O4+. The molecule has 0 spiro atoms. The third-order valence-electron chi connectivity index (χ3n) is 4.50. The van der Waals surface area contributed by atoms with Crippen LogP contribution in [0.4, 0.5) is 11.6 Å². The Hall–Kier alpha value is -3.60. The van der Waals surface area contributed by atoms with Gasteiger partial charge < -0.3 is 26.6 Å². The summed E-state index contributed by atoms with van der Waals surface area (Å²) in [6.07, 6.45) is 0. The Morgan fingerprint density at radius 2 is 1.82 bits per heavy atom. The number of ether oxygens (including phenoxy) is 1. The van der Waals surface area contributed by atoms with Crippen molar-refractivity contribution in [2.45, 2.75) is 47.7 Å². The predicted molar refractivity (Wildman–Crippen MR) is 132 cm³/mol. The van der Waals surface area contributed by atoms with Crippen LogP contribution < -0.4 is 26.1 Å². The number of halogens is 1. The first-order chi connectivity index (χ1) is 16.2. The van der Waals surface area contributed by atoms with Gasteiger partial charge in [0.05, 0.1) is 13.6 Å². The molecule has 6 N–H and O–H groups in total. The number of hydrogen-bond acceptors (Lipinski definition) is 7. The van der Waals surface area contributed by atoms with E-state index in [9.17, 15) is 9.59 Å². The first kappa shape index (κ1) is 28.4. The van der Waals surface area contributed by atoms with Gasteiger partial charge in [-0.2, -0.15) is 0 Å². The van der Waals surface area contributed by atoms with Crippen molar-refractivity contribution in [2.75, 3.05) is 18.1 Å². The minimum absolute atomic E-state index is 0.0517. The largest absolute Gasteiger partial charge is 0.482 e. The predicted octanol–water partition coefficient (Wildman–Crippen LogP) is 2.54. The van der Waals surface area contributed by atoms with Crippen molar-refractivity contribution >= 4 is 46.1 Å². The molecule has 1 amide bonds. The average molecular weight is 495 g/mol. The summed E-state index contributed by atoms with van der Waals surface area (Å²) in [5.41, 5.74) is 12.9. The zero-order valence-corrected chi connectivity index (χ0v) is 21.1. The molecule has 1 aromatic carbocycles. The van der Waals surface area contributed by atoms with E-state index in [4.69, 9.17) is 32.9 Å². The number of nitrogens with zero attached hydrogens (tertiary/aromatic N) is 4. The molecule has 186 valence electrons. The highest BCUT2D eigenvalue weighted by Gasteiger charge is 2.24. The number of aliphatic carboxylic acids is 1. The number of amides is 1. The van der Waals surface area contributed by atoms with E-state index in [1.807, 2.05) is 56.9 Å². The van der Waals surface area contributed by atoms with Gasteiger partial charge in [0, 0.05) is 6.07 Å². The van der Waals surface area contributed by atoms with E-state index in [0.29, 0.717) is 12.3 Å². The number of rotatable bonds is 7. The number of carbonyl (C=O) groups is 2. The summed E-state index contributed by atoms with van der Waals surface area (Å²) in [6.45, 7) is 10.3. The fourth-order valence-corrected chi connectivity index (χ4v) is 3.24. The number of aromatic nitrogens is 4. The van der Waals surface area contributed by atoms with Crippen molar-refractivity contribution in [1.82, 2.24) is 19.9 Å². The van der Waals surface area contributed by atoms with E-state index in [2.05, 4.69) is 15.3 Å². The maximum atomic E-state index is 12.5. The monoisotopic (exact) mass is 494 g/mol. The fourth-order valence-electron chi connectivity index (χ4n) is 3.12. The molecule has 0 aliphatic heterocycles. The summed E-state index contributed by atoms with van der Waals surface area (Å²) in [5.74, 6) is -0.531. The summed E-state index contributed by atoms with van der Waals surface area (Å²) < 4.78 is 9.17. The van der Waals surface area contributed by atoms with Crippen LogP contribution in [0.3, 0.4) is 0 Å². The Balaban J connectivity index is 0.00000137. The van der Waals surface area contributed by atoms with Gasteiger partial charge in [0.15, 0.2) is 40.1 Å². The maximum Gasteiger partial charge on any atom is 0.341 e. The molecule has 0 radical (unpaired) electrons. The van der Waals surface area contributed by atoms with Crippen LogP contribution in [0, 0.1) is 0 Å². The first-order valence-electron chi connectivity index (χ1n) is 10.9. The fraction of sp³-hybridized carbons (Fsp3) is 0.409. The molecule has 11 nitrogen and oxygen atoms in total. The normalized spacial score (nSPS) is 9.97. The standard InChI is InChI=1S/C18H20ClN7O4.2C2H6/c1-3-26-11-6-9(30-8-13(27)28)4-5-10(11)25(2)12(26)7-22-18(29)14-16(20)24-17(21)15(19)23-14;2*1-2/h4-6H,3,7-8H2,1-2H3,(H5-,20,21,22,24,27,28,29);2*1-2H3/p+1. The Labute approximate surface area is 203 Å². The van der Waals surface area contributed by atoms with Crippen LogP contribution in [-0.4, -0.2) is 38.1 Å². The number of nitrogens with two attached hydrogens (primary N) is 2. The number of aryl methyl sites for hydroxylation is 2. The van der Waals surface area contributed by atoms with Crippen LogP contribution in [0.15, 0.2) is 18.2 Å². The number of hydrogen-bond donors (Lipinski definition) is 4. The second-order valence-corrected chi connectivity index (χ2v) is 6.73. The second-order valence-electron chi connectivity index (χ2n) is 6.37. The van der Waals surface area contributed by atoms with Gasteiger partial charge in [0.1, 0.15) is 12.3 Å². The molecule has 0 saturated carbocycles. The molecule has 3 rings (SSSR count). The highest BCUT2D eigenvalue weighted by molar-refractivity contribution is 6.31. The lowest BCUT2D eigenvalue weighted by Crippen LogP contribution is -2.38. The van der Waals surface area contributed by atoms with E-state index in [0.717, 1.165) is 16.9 Å². The molecule has 34 heavy (non-hydrogen) atoms. The van der Waals surface area contributed by atoms with Crippen molar-refractivity contribution in [3.63, 3.8) is 0 Å². The molecule has 0 aliphatic rings. The van der Waals surface area contributed by atoms with Gasteiger partial charge in [-0.15, -0.1) is 0 Å². The van der Waals surface area contributed by atoms with Gasteiger partial charge in [0.2, 0.25) is 0 Å². The van der Waals surface area contributed by atoms with E-state index in [1.54, 1.807) is 12.1 Å². The van der Waals surface area contributed by atoms with Gasteiger partial charge in [-0.25, -0.2) is 23.9 Å². The molecule has 0 fully saturated rings. The lowest BCUT2D eigenvalue weighted by Gasteiger charge is -2.07. The summed E-state index contributed by atoms with van der Waals surface area (Å²) in [5, 5.41) is 11.5. The topological polar surface area (TPSA) is 162 Å². The molecule has 2 aromatic heterocycles. The molecule has 0 unspecified atom stereocenters. The number of nitrogen functional groups attached to an aromatic ring is 2. The van der Waals surface area contributed by atoms with Gasteiger partial charge >= 0.3 is 5.97 Å². The molecule has 12 heteroatoms. The van der Waals surface area contributed by atoms with Crippen molar-refractivity contribution in [1.29, 1.82) is 0 Å². The smallest absolute Gasteiger partial charge is 0.341 e. The number of carbonyl (C=O) groups excluding carboxylic acids is 1. The maximum absolute atomic E-state index is 12.5. The highest BCUT2D eigenvalue weighted by atomic mass is 35.5. The lowest BCUT2D eigenvalue weighted by molar-refractivity contribution is -0.654. The van der Waals surface area contributed by atoms with Crippen LogP contribution in [0.2, 0.25) is 5.15 Å². The number of carboxylic acids is 1. The van der Waals surface area contributed by atoms with Crippen LogP contribution in [0.25, 0.3) is 11.0 Å². The molecule has 0 saturated heterocycles. The number of anilines is 2. The minimum Gasteiger partial charge on any atom is -0.482 e. The molecule has 0 aliphatic carbocycles. The van der Waals surface area contributed by atoms with E-state index < -0.39 is 18.5 Å². The third-order valence-corrected chi connectivity index (χ3v) is 4.78. The third kappa shape index (κ3) is 6.47. The molecule has 0 atom stereocenters. The van der Waals surface area contributed by atoms with Crippen molar-refractivity contribution in [3.8, 4) is 5.75 Å². The van der Waals surface area contributed by atoms with E-state index >= 15 is 0 Å². The minimum atomic E-state index is -1.06. The Morgan fingerprint density at radius 1 is 1.18 bits per heavy atom. The van der Waals surface area contributed by atoms with Gasteiger partial charge in [-0.05, 0) is 19.1 Å². The zero-order chi connectivity index (χ0) is 26.0. The second kappa shape index (κ2) is 13.2. The molecular weight excluding hydrogens is 462 g/mol. The lowest BCUT2D eigenvalue weighted by atomic mass is 10.3. The van der Waals surface area contributed by atoms with E-state index in [-0.39, 0.29) is 29.0 Å².